The average molecular weight is 524 g/mol. The van der Waals surface area contributed by atoms with Crippen molar-refractivity contribution in [1.82, 2.24) is 0 Å². The molecule has 1 aliphatic heterocycles. The number of rotatable bonds is 7. The molecular weight excluding hydrogens is 494 g/mol. The predicted octanol–water partition coefficient (Wildman–Crippen LogP) is 5.05. The molecule has 2 aliphatic carbocycles. The van der Waals surface area contributed by atoms with Crippen molar-refractivity contribution in [1.29, 1.82) is 0 Å². The van der Waals surface area contributed by atoms with Gasteiger partial charge in [-0.05, 0) is 85.5 Å². The van der Waals surface area contributed by atoms with Gasteiger partial charge >= 0.3 is 5.97 Å². The van der Waals surface area contributed by atoms with Crippen molar-refractivity contribution in [3.8, 4) is 5.75 Å². The first kappa shape index (κ1) is 25.0. The van der Waals surface area contributed by atoms with Gasteiger partial charge in [-0.2, -0.15) is 0 Å². The molecule has 7 heteroatoms. The summed E-state index contributed by atoms with van der Waals surface area (Å²) in [5.74, 6) is -0.833. The van der Waals surface area contributed by atoms with Crippen LogP contribution in [0.2, 0.25) is 0 Å². The van der Waals surface area contributed by atoms with Crippen LogP contribution < -0.4 is 9.64 Å². The Hall–Kier alpha value is -4.26. The summed E-state index contributed by atoms with van der Waals surface area (Å²) in [7, 11) is 1.54. The fraction of sp³-hybridized carbons (Fsp3) is 0.312. The van der Waals surface area contributed by atoms with Crippen LogP contribution in [0.3, 0.4) is 0 Å². The van der Waals surface area contributed by atoms with Gasteiger partial charge in [0, 0.05) is 5.56 Å². The highest BCUT2D eigenvalue weighted by Crippen LogP contribution is 2.61. The van der Waals surface area contributed by atoms with E-state index in [1.807, 2.05) is 18.2 Å². The zero-order valence-electron chi connectivity index (χ0n) is 21.8. The number of nitrogens with zero attached hydrogens (tertiary/aromatic N) is 1. The fourth-order valence-corrected chi connectivity index (χ4v) is 6.84. The van der Waals surface area contributed by atoms with E-state index in [4.69, 9.17) is 9.47 Å². The first-order chi connectivity index (χ1) is 18.9. The summed E-state index contributed by atoms with van der Waals surface area (Å²) < 4.78 is 10.6. The third kappa shape index (κ3) is 4.22. The van der Waals surface area contributed by atoms with E-state index in [0.717, 1.165) is 12.8 Å². The molecule has 3 aromatic carbocycles. The van der Waals surface area contributed by atoms with Crippen molar-refractivity contribution in [2.75, 3.05) is 12.0 Å². The van der Waals surface area contributed by atoms with Crippen molar-refractivity contribution < 1.29 is 28.7 Å². The number of hydrogen-bond acceptors (Lipinski definition) is 6. The van der Waals surface area contributed by atoms with Gasteiger partial charge in [0.2, 0.25) is 17.6 Å². The van der Waals surface area contributed by atoms with E-state index in [2.05, 4.69) is 12.1 Å². The molecule has 0 radical (unpaired) electrons. The average Bonchev–Trinajstić information content (AvgIpc) is 3.64. The first-order valence-corrected chi connectivity index (χ1v) is 13.3. The van der Waals surface area contributed by atoms with Crippen LogP contribution in [-0.2, 0) is 14.3 Å². The number of anilines is 1. The van der Waals surface area contributed by atoms with Crippen LogP contribution in [0.4, 0.5) is 5.69 Å². The number of esters is 1. The van der Waals surface area contributed by atoms with Crippen molar-refractivity contribution in [3.05, 3.63) is 95.6 Å². The van der Waals surface area contributed by atoms with E-state index in [0.29, 0.717) is 17.0 Å². The lowest BCUT2D eigenvalue weighted by Crippen LogP contribution is -2.33. The molecule has 2 saturated carbocycles. The largest absolute Gasteiger partial charge is 0.497 e. The highest BCUT2D eigenvalue weighted by Gasteiger charge is 2.64. The molecule has 2 amide bonds. The van der Waals surface area contributed by atoms with Gasteiger partial charge < -0.3 is 9.47 Å². The molecule has 3 aromatic rings. The molecule has 6 atom stereocenters. The van der Waals surface area contributed by atoms with Crippen molar-refractivity contribution in [3.63, 3.8) is 0 Å². The van der Waals surface area contributed by atoms with E-state index in [9.17, 15) is 19.2 Å². The van der Waals surface area contributed by atoms with Crippen LogP contribution in [0, 0.1) is 23.7 Å². The number of imide groups is 1. The SMILES string of the molecule is COc1ccc(C(=O)C(C)OC(=O)c2cccc(N3C(=O)C4C5CC(c6ccccc6)C(C5)C4C3=O)c2)cc1. The molecule has 39 heavy (non-hydrogen) atoms. The third-order valence-corrected chi connectivity index (χ3v) is 8.61. The Labute approximate surface area is 226 Å². The number of Topliss-reactive ketones (excluding diaryl/α,β-unsaturated/α-hetero) is 1. The number of fused-ring (bicyclic) bond motifs is 5. The smallest absolute Gasteiger partial charge is 0.338 e. The van der Waals surface area contributed by atoms with Gasteiger partial charge in [-0.25, -0.2) is 4.79 Å². The molecule has 6 unspecified atom stereocenters. The highest BCUT2D eigenvalue weighted by molar-refractivity contribution is 6.23. The molecule has 0 N–H and O–H groups in total. The summed E-state index contributed by atoms with van der Waals surface area (Å²) in [6, 6.07) is 23.1. The minimum absolute atomic E-state index is 0.141. The highest BCUT2D eigenvalue weighted by atomic mass is 16.5. The predicted molar refractivity (Wildman–Crippen MR) is 144 cm³/mol. The lowest BCUT2D eigenvalue weighted by atomic mass is 9.73. The molecule has 3 fully saturated rings. The van der Waals surface area contributed by atoms with Crippen LogP contribution in [0.25, 0.3) is 0 Å². The van der Waals surface area contributed by atoms with Gasteiger partial charge in [-0.3, -0.25) is 19.3 Å². The van der Waals surface area contributed by atoms with Gasteiger partial charge in [0.15, 0.2) is 6.10 Å². The van der Waals surface area contributed by atoms with Crippen molar-refractivity contribution in [2.24, 2.45) is 23.7 Å². The maximum atomic E-state index is 13.7. The first-order valence-electron chi connectivity index (χ1n) is 13.3. The minimum atomic E-state index is -1.02. The normalized spacial score (nSPS) is 25.9. The molecule has 1 heterocycles. The van der Waals surface area contributed by atoms with Crippen molar-refractivity contribution in [2.45, 2.75) is 31.8 Å². The number of hydrogen-bond donors (Lipinski definition) is 0. The molecule has 1 saturated heterocycles. The second-order valence-electron chi connectivity index (χ2n) is 10.7. The van der Waals surface area contributed by atoms with Gasteiger partial charge in [0.05, 0.1) is 30.2 Å². The number of amides is 2. The lowest BCUT2D eigenvalue weighted by Gasteiger charge is -2.28. The van der Waals surface area contributed by atoms with Crippen LogP contribution in [-0.4, -0.2) is 36.8 Å². The van der Waals surface area contributed by atoms with Gasteiger partial charge in [0.1, 0.15) is 5.75 Å². The summed E-state index contributed by atoms with van der Waals surface area (Å²) in [5.41, 5.74) is 2.15. The molecular formula is C32H29NO6. The van der Waals surface area contributed by atoms with Gasteiger partial charge in [-0.15, -0.1) is 0 Å². The zero-order chi connectivity index (χ0) is 27.3. The van der Waals surface area contributed by atoms with E-state index in [-0.39, 0.29) is 52.8 Å². The summed E-state index contributed by atoms with van der Waals surface area (Å²) >= 11 is 0. The number of carbonyl (C=O) groups excluding carboxylic acids is 4. The van der Waals surface area contributed by atoms with E-state index in [1.165, 1.54) is 30.6 Å². The standard InChI is InChI=1S/C32H29NO6/c1-18(29(34)20-11-13-24(38-2)14-12-20)39-32(37)21-9-6-10-23(15-21)33-30(35)27-22-16-25(19-7-4-3-5-8-19)26(17-22)28(27)31(33)36/h3-15,18,22,25-28H,16-17H2,1-2H3. The van der Waals surface area contributed by atoms with Crippen molar-refractivity contribution >= 4 is 29.3 Å². The Morgan fingerprint density at radius 1 is 0.846 bits per heavy atom. The maximum Gasteiger partial charge on any atom is 0.338 e. The topological polar surface area (TPSA) is 90.0 Å². The molecule has 198 valence electrons. The van der Waals surface area contributed by atoms with Gasteiger partial charge in [0.25, 0.3) is 0 Å². The van der Waals surface area contributed by atoms with Crippen LogP contribution in [0.5, 0.6) is 5.75 Å². The molecule has 6 rings (SSSR count). The second-order valence-corrected chi connectivity index (χ2v) is 10.7. The quantitative estimate of drug-likeness (QED) is 0.245. The maximum absolute atomic E-state index is 13.7. The summed E-state index contributed by atoms with van der Waals surface area (Å²) in [6.45, 7) is 1.52. The number of ketones is 1. The van der Waals surface area contributed by atoms with E-state index >= 15 is 0 Å². The third-order valence-electron chi connectivity index (χ3n) is 8.61. The molecule has 7 nitrogen and oxygen atoms in total. The Kier molecular flexibility index (Phi) is 6.29. The Bertz CT molecular complexity index is 1450. The number of methoxy groups -OCH3 is 1. The molecule has 2 bridgehead atoms. The minimum Gasteiger partial charge on any atom is -0.497 e. The Morgan fingerprint density at radius 3 is 2.28 bits per heavy atom. The Morgan fingerprint density at radius 2 is 1.56 bits per heavy atom. The number of carbonyl (C=O) groups is 4. The summed E-state index contributed by atoms with van der Waals surface area (Å²) in [5, 5.41) is 0. The zero-order valence-corrected chi connectivity index (χ0v) is 21.8. The second kappa shape index (κ2) is 9.80. The van der Waals surface area contributed by atoms with Crippen LogP contribution >= 0.6 is 0 Å². The number of ether oxygens (including phenoxy) is 2. The lowest BCUT2D eigenvalue weighted by molar-refractivity contribution is -0.123. The van der Waals surface area contributed by atoms with Crippen LogP contribution in [0.15, 0.2) is 78.9 Å². The van der Waals surface area contributed by atoms with Crippen LogP contribution in [0.1, 0.15) is 52.0 Å². The van der Waals surface area contributed by atoms with E-state index in [1.54, 1.807) is 42.5 Å². The Balaban J connectivity index is 1.18. The summed E-state index contributed by atoms with van der Waals surface area (Å²) in [4.78, 5) is 54.1. The molecule has 3 aliphatic rings. The van der Waals surface area contributed by atoms with E-state index < -0.39 is 12.1 Å². The fourth-order valence-electron chi connectivity index (χ4n) is 6.84. The van der Waals surface area contributed by atoms with Gasteiger partial charge in [-0.1, -0.05) is 36.4 Å². The molecule has 0 spiro atoms. The monoisotopic (exact) mass is 523 g/mol. The number of benzene rings is 3. The summed E-state index contributed by atoms with van der Waals surface area (Å²) in [6.07, 6.45) is 0.788. The molecule has 0 aromatic heterocycles.